The normalized spacial score (nSPS) is 17.9. The zero-order valence-electron chi connectivity index (χ0n) is 11.3. The molecule has 19 heavy (non-hydrogen) atoms. The van der Waals surface area contributed by atoms with Crippen molar-refractivity contribution in [2.45, 2.75) is 25.7 Å². The lowest BCUT2D eigenvalue weighted by Crippen LogP contribution is -2.32. The van der Waals surface area contributed by atoms with Gasteiger partial charge in [-0.3, -0.25) is 0 Å². The van der Waals surface area contributed by atoms with E-state index in [1.165, 1.54) is 17.5 Å². The van der Waals surface area contributed by atoms with E-state index in [1.807, 2.05) is 31.3 Å². The Balaban J connectivity index is 2.06. The molecular weight excluding hydrogens is 260 g/mol. The van der Waals surface area contributed by atoms with E-state index in [-0.39, 0.29) is 5.41 Å². The molecule has 0 radical (unpaired) electrons. The van der Waals surface area contributed by atoms with E-state index in [2.05, 4.69) is 29.4 Å². The molecule has 1 aliphatic rings. The number of hydrogen-bond donors (Lipinski definition) is 1. The molecule has 2 rings (SSSR count). The minimum Gasteiger partial charge on any atom is -0.371 e. The zero-order valence-corrected chi connectivity index (χ0v) is 12.1. The minimum atomic E-state index is 0.00724. The Morgan fingerprint density at radius 1 is 1.53 bits per heavy atom. The van der Waals surface area contributed by atoms with E-state index < -0.39 is 0 Å². The molecule has 0 saturated heterocycles. The molecule has 1 aliphatic heterocycles. The first kappa shape index (κ1) is 13.9. The van der Waals surface area contributed by atoms with Crippen LogP contribution in [0.2, 0.25) is 0 Å². The lowest BCUT2D eigenvalue weighted by Gasteiger charge is -2.18. The number of rotatable bonds is 2. The molecule has 0 atom stereocenters. The number of nitrogens with two attached hydrogens (primary N) is 1. The average Bonchev–Trinajstić information content (AvgIpc) is 2.71. The van der Waals surface area contributed by atoms with Crippen LogP contribution < -0.4 is 5.90 Å². The average molecular weight is 278 g/mol. The van der Waals surface area contributed by atoms with E-state index in [1.54, 1.807) is 5.01 Å². The van der Waals surface area contributed by atoms with Gasteiger partial charge in [0.2, 0.25) is 0 Å². The van der Waals surface area contributed by atoms with E-state index >= 15 is 0 Å². The molecule has 5 nitrogen and oxygen atoms in total. The molecule has 6 heteroatoms. The summed E-state index contributed by atoms with van der Waals surface area (Å²) < 4.78 is 4.30. The van der Waals surface area contributed by atoms with Gasteiger partial charge in [-0.2, -0.15) is 15.4 Å². The van der Waals surface area contributed by atoms with Crippen molar-refractivity contribution in [1.82, 2.24) is 5.01 Å². The van der Waals surface area contributed by atoms with Crippen molar-refractivity contribution in [2.75, 3.05) is 6.54 Å². The zero-order chi connectivity index (χ0) is 13.9. The quantitative estimate of drug-likeness (QED) is 0.391. The van der Waals surface area contributed by atoms with Crippen LogP contribution in [0.3, 0.4) is 0 Å². The van der Waals surface area contributed by atoms with Crippen LogP contribution in [-0.4, -0.2) is 23.8 Å². The summed E-state index contributed by atoms with van der Waals surface area (Å²) >= 11 is 1.32. The molecule has 0 aliphatic carbocycles. The molecule has 0 amide bonds. The Bertz CT molecular complexity index is 513. The Labute approximate surface area is 117 Å². The Kier molecular flexibility index (Phi) is 4.11. The Morgan fingerprint density at radius 3 is 2.89 bits per heavy atom. The lowest BCUT2D eigenvalue weighted by molar-refractivity contribution is 0.235. The van der Waals surface area contributed by atoms with Crippen LogP contribution in [-0.2, 0) is 4.84 Å². The van der Waals surface area contributed by atoms with Crippen LogP contribution in [0, 0.1) is 12.3 Å². The van der Waals surface area contributed by atoms with Gasteiger partial charge in [-0.25, -0.2) is 5.01 Å². The van der Waals surface area contributed by atoms with E-state index in [0.717, 1.165) is 4.90 Å². The van der Waals surface area contributed by atoms with E-state index in [9.17, 15) is 0 Å². The van der Waals surface area contributed by atoms with E-state index in [4.69, 9.17) is 10.7 Å². The summed E-state index contributed by atoms with van der Waals surface area (Å²) in [6.45, 7) is 6.94. The standard InChI is InChI=1S/C13H18N4OS/c1-10-5-4-6-11(7-10)19-16-12(18-14)17-9-13(2,3)8-15-17/h4-8H,9,14H2,1-3H3/b16-12-. The first-order valence-corrected chi connectivity index (χ1v) is 6.79. The van der Waals surface area contributed by atoms with Crippen LogP contribution in [0.1, 0.15) is 19.4 Å². The SMILES string of the molecule is Cc1cccc(S/N=C(\ON)N2CC(C)(C)C=N2)c1. The van der Waals surface area contributed by atoms with Crippen molar-refractivity contribution < 1.29 is 4.84 Å². The van der Waals surface area contributed by atoms with Gasteiger partial charge < -0.3 is 4.84 Å². The maximum Gasteiger partial charge on any atom is 0.339 e. The van der Waals surface area contributed by atoms with Crippen LogP contribution in [0.25, 0.3) is 0 Å². The first-order chi connectivity index (χ1) is 9.00. The highest BCUT2D eigenvalue weighted by molar-refractivity contribution is 7.98. The van der Waals surface area contributed by atoms with Crippen LogP contribution in [0.5, 0.6) is 0 Å². The summed E-state index contributed by atoms with van der Waals surface area (Å²) in [5, 5.41) is 5.92. The number of hydrogen-bond acceptors (Lipinski definition) is 5. The van der Waals surface area contributed by atoms with Gasteiger partial charge in [0.15, 0.2) is 0 Å². The number of aryl methyl sites for hydroxylation is 1. The Morgan fingerprint density at radius 2 is 2.32 bits per heavy atom. The third-order valence-electron chi connectivity index (χ3n) is 2.65. The van der Waals surface area contributed by atoms with Gasteiger partial charge in [0, 0.05) is 28.5 Å². The summed E-state index contributed by atoms with van der Waals surface area (Å²) in [5.41, 5.74) is 1.20. The summed E-state index contributed by atoms with van der Waals surface area (Å²) in [6, 6.07) is 8.40. The van der Waals surface area contributed by atoms with Crippen molar-refractivity contribution in [3.05, 3.63) is 29.8 Å². The molecule has 0 bridgehead atoms. The summed E-state index contributed by atoms with van der Waals surface area (Å²) in [5.74, 6) is 5.28. The fourth-order valence-electron chi connectivity index (χ4n) is 1.70. The molecule has 1 aromatic carbocycles. The van der Waals surface area contributed by atoms with Gasteiger partial charge in [-0.05, 0) is 24.6 Å². The van der Waals surface area contributed by atoms with Crippen LogP contribution in [0.15, 0.2) is 38.7 Å². The lowest BCUT2D eigenvalue weighted by atomic mass is 9.97. The van der Waals surface area contributed by atoms with Crippen molar-refractivity contribution in [2.24, 2.45) is 20.8 Å². The molecule has 0 aromatic heterocycles. The largest absolute Gasteiger partial charge is 0.371 e. The highest BCUT2D eigenvalue weighted by Gasteiger charge is 2.28. The highest BCUT2D eigenvalue weighted by Crippen LogP contribution is 2.24. The maximum atomic E-state index is 5.28. The summed E-state index contributed by atoms with van der Waals surface area (Å²) in [6.07, 6.45) is 1.87. The topological polar surface area (TPSA) is 63.2 Å². The maximum absolute atomic E-state index is 5.28. The monoisotopic (exact) mass is 278 g/mol. The van der Waals surface area contributed by atoms with Gasteiger partial charge in [0.05, 0.1) is 6.54 Å². The predicted octanol–water partition coefficient (Wildman–Crippen LogP) is 2.58. The van der Waals surface area contributed by atoms with Crippen molar-refractivity contribution in [1.29, 1.82) is 0 Å². The van der Waals surface area contributed by atoms with Crippen LogP contribution in [0.4, 0.5) is 0 Å². The fourth-order valence-corrected chi connectivity index (χ4v) is 2.40. The first-order valence-electron chi connectivity index (χ1n) is 6.01. The molecule has 102 valence electrons. The second kappa shape index (κ2) is 5.63. The van der Waals surface area contributed by atoms with Gasteiger partial charge in [0.1, 0.15) is 0 Å². The second-order valence-corrected chi connectivity index (χ2v) is 6.03. The third-order valence-corrected chi connectivity index (χ3v) is 3.36. The number of hydrazone groups is 1. The fraction of sp³-hybridized carbons (Fsp3) is 0.385. The highest BCUT2D eigenvalue weighted by atomic mass is 32.2. The molecule has 2 N–H and O–H groups in total. The van der Waals surface area contributed by atoms with E-state index in [0.29, 0.717) is 12.6 Å². The smallest absolute Gasteiger partial charge is 0.339 e. The third kappa shape index (κ3) is 3.71. The number of amidine groups is 1. The predicted molar refractivity (Wildman–Crippen MR) is 78.7 cm³/mol. The molecule has 0 spiro atoms. The van der Waals surface area contributed by atoms with Crippen molar-refractivity contribution in [3.63, 3.8) is 0 Å². The Hall–Kier alpha value is -1.53. The van der Waals surface area contributed by atoms with Crippen molar-refractivity contribution >= 4 is 24.2 Å². The van der Waals surface area contributed by atoms with Crippen molar-refractivity contribution in [3.8, 4) is 0 Å². The molecule has 1 heterocycles. The number of benzene rings is 1. The molecule has 1 aromatic rings. The van der Waals surface area contributed by atoms with Gasteiger partial charge in [-0.15, -0.1) is 0 Å². The second-order valence-electron chi connectivity index (χ2n) is 5.19. The summed E-state index contributed by atoms with van der Waals surface area (Å²) in [4.78, 5) is 5.86. The molecule has 0 fully saturated rings. The molecule has 0 saturated carbocycles. The van der Waals surface area contributed by atoms with Crippen LogP contribution >= 0.6 is 11.9 Å². The number of nitrogens with zero attached hydrogens (tertiary/aromatic N) is 3. The minimum absolute atomic E-state index is 0.00724. The van der Waals surface area contributed by atoms with Gasteiger partial charge >= 0.3 is 6.02 Å². The summed E-state index contributed by atoms with van der Waals surface area (Å²) in [7, 11) is 0. The molecule has 0 unspecified atom stereocenters. The van der Waals surface area contributed by atoms with Gasteiger partial charge in [-0.1, -0.05) is 26.0 Å². The van der Waals surface area contributed by atoms with Gasteiger partial charge in [0.25, 0.3) is 0 Å². The molecular formula is C13H18N4OS.